The largest absolute Gasteiger partial charge is 0.351 e. The van der Waals surface area contributed by atoms with Crippen LogP contribution in [0.2, 0.25) is 0 Å². The van der Waals surface area contributed by atoms with Crippen LogP contribution in [0.25, 0.3) is 11.0 Å². The SMILES string of the molecule is COC(OC)C1=Nc2[nH]ncc2C(c2cccc3nonc23)C1C#N. The number of aromatic nitrogens is 4. The Morgan fingerprint density at radius 2 is 2.08 bits per heavy atom. The Morgan fingerprint density at radius 1 is 1.24 bits per heavy atom. The maximum absolute atomic E-state index is 9.89. The molecule has 0 aliphatic carbocycles. The highest BCUT2D eigenvalue weighted by Gasteiger charge is 2.40. The van der Waals surface area contributed by atoms with Gasteiger partial charge in [0, 0.05) is 25.7 Å². The highest BCUT2D eigenvalue weighted by atomic mass is 16.7. The summed E-state index contributed by atoms with van der Waals surface area (Å²) in [4.78, 5) is 4.51. The molecule has 25 heavy (non-hydrogen) atoms. The summed E-state index contributed by atoms with van der Waals surface area (Å²) in [5.41, 5.74) is 3.32. The molecule has 3 heterocycles. The van der Waals surface area contributed by atoms with Gasteiger partial charge in [-0.2, -0.15) is 10.4 Å². The lowest BCUT2D eigenvalue weighted by molar-refractivity contribution is -0.0544. The summed E-state index contributed by atoms with van der Waals surface area (Å²) >= 11 is 0. The molecule has 0 amide bonds. The van der Waals surface area contributed by atoms with Gasteiger partial charge in [-0.1, -0.05) is 12.1 Å². The topological polar surface area (TPSA) is 122 Å². The van der Waals surface area contributed by atoms with Gasteiger partial charge in [0.25, 0.3) is 0 Å². The maximum Gasteiger partial charge on any atom is 0.198 e. The number of nitrogens with zero attached hydrogens (tertiary/aromatic N) is 5. The van der Waals surface area contributed by atoms with Crippen molar-refractivity contribution in [2.24, 2.45) is 10.9 Å². The molecule has 0 bridgehead atoms. The predicted molar refractivity (Wildman–Crippen MR) is 86.2 cm³/mol. The number of aromatic amines is 1. The van der Waals surface area contributed by atoms with Crippen molar-refractivity contribution in [3.8, 4) is 6.07 Å². The second-order valence-electron chi connectivity index (χ2n) is 5.58. The molecule has 1 N–H and O–H groups in total. The molecule has 4 rings (SSSR count). The van der Waals surface area contributed by atoms with E-state index in [0.717, 1.165) is 11.1 Å². The lowest BCUT2D eigenvalue weighted by Crippen LogP contribution is -2.36. The van der Waals surface area contributed by atoms with Crippen molar-refractivity contribution < 1.29 is 14.1 Å². The van der Waals surface area contributed by atoms with E-state index in [-0.39, 0.29) is 5.92 Å². The van der Waals surface area contributed by atoms with Crippen molar-refractivity contribution in [2.45, 2.75) is 12.2 Å². The lowest BCUT2D eigenvalue weighted by atomic mass is 9.77. The van der Waals surface area contributed by atoms with Crippen molar-refractivity contribution in [3.05, 3.63) is 35.5 Å². The molecule has 0 spiro atoms. The number of nitriles is 1. The first-order chi connectivity index (χ1) is 12.3. The summed E-state index contributed by atoms with van der Waals surface area (Å²) in [6, 6.07) is 7.88. The van der Waals surface area contributed by atoms with Gasteiger partial charge in [0.15, 0.2) is 12.1 Å². The van der Waals surface area contributed by atoms with Gasteiger partial charge in [-0.3, -0.25) is 5.10 Å². The molecule has 9 nitrogen and oxygen atoms in total. The molecular formula is C16H14N6O3. The van der Waals surface area contributed by atoms with Gasteiger partial charge < -0.3 is 9.47 Å². The van der Waals surface area contributed by atoms with Gasteiger partial charge in [0.2, 0.25) is 0 Å². The standard InChI is InChI=1S/C16H14N6O3/c1-23-16(24-2)14-9(6-17)12(10-7-18-20-15(10)19-14)8-4-3-5-11-13(8)22-25-21-11/h3-5,7,9,12,16H,1-2H3,(H,18,20). The van der Waals surface area contributed by atoms with Crippen molar-refractivity contribution in [3.63, 3.8) is 0 Å². The van der Waals surface area contributed by atoms with Crippen molar-refractivity contribution >= 4 is 22.6 Å². The third-order valence-electron chi connectivity index (χ3n) is 4.34. The van der Waals surface area contributed by atoms with Crippen LogP contribution in [0.4, 0.5) is 5.82 Å². The molecule has 1 aromatic carbocycles. The molecule has 3 aromatic rings. The van der Waals surface area contributed by atoms with Gasteiger partial charge in [0.05, 0.1) is 18.0 Å². The fourth-order valence-corrected chi connectivity index (χ4v) is 3.26. The number of aliphatic imine (C=N–C) groups is 1. The summed E-state index contributed by atoms with van der Waals surface area (Å²) in [6.45, 7) is 0. The molecule has 2 atom stereocenters. The van der Waals surface area contributed by atoms with Crippen LogP contribution < -0.4 is 0 Å². The second kappa shape index (κ2) is 6.08. The Labute approximate surface area is 142 Å². The highest BCUT2D eigenvalue weighted by molar-refractivity contribution is 5.97. The van der Waals surface area contributed by atoms with E-state index in [2.05, 4.69) is 31.6 Å². The van der Waals surface area contributed by atoms with Crippen molar-refractivity contribution in [2.75, 3.05) is 14.2 Å². The maximum atomic E-state index is 9.89. The molecule has 0 radical (unpaired) electrons. The Balaban J connectivity index is 1.94. The zero-order valence-corrected chi connectivity index (χ0v) is 13.5. The summed E-state index contributed by atoms with van der Waals surface area (Å²) in [7, 11) is 3.01. The van der Waals surface area contributed by atoms with E-state index < -0.39 is 12.2 Å². The summed E-state index contributed by atoms with van der Waals surface area (Å²) in [5.74, 6) is -0.397. The first-order valence-corrected chi connectivity index (χ1v) is 7.56. The fourth-order valence-electron chi connectivity index (χ4n) is 3.26. The van der Waals surface area contributed by atoms with Gasteiger partial charge in [0.1, 0.15) is 17.0 Å². The van der Waals surface area contributed by atoms with Crippen LogP contribution in [0.5, 0.6) is 0 Å². The normalized spacial score (nSPS) is 19.7. The van der Waals surface area contributed by atoms with Gasteiger partial charge in [-0.05, 0) is 21.9 Å². The predicted octanol–water partition coefficient (Wildman–Crippen LogP) is 1.92. The van der Waals surface area contributed by atoms with Gasteiger partial charge >= 0.3 is 0 Å². The molecular weight excluding hydrogens is 324 g/mol. The summed E-state index contributed by atoms with van der Waals surface area (Å²) < 4.78 is 15.5. The Bertz CT molecular complexity index is 981. The zero-order chi connectivity index (χ0) is 17.4. The van der Waals surface area contributed by atoms with Crippen LogP contribution in [0.1, 0.15) is 17.0 Å². The van der Waals surface area contributed by atoms with Crippen LogP contribution in [-0.2, 0) is 9.47 Å². The van der Waals surface area contributed by atoms with Gasteiger partial charge in [-0.25, -0.2) is 9.62 Å². The van der Waals surface area contributed by atoms with E-state index in [0.29, 0.717) is 22.6 Å². The third-order valence-corrected chi connectivity index (χ3v) is 4.34. The molecule has 2 unspecified atom stereocenters. The monoisotopic (exact) mass is 338 g/mol. The average Bonchev–Trinajstić information content (AvgIpc) is 3.30. The number of fused-ring (bicyclic) bond motifs is 2. The quantitative estimate of drug-likeness (QED) is 0.721. The molecule has 126 valence electrons. The number of nitrogens with one attached hydrogen (secondary N) is 1. The molecule has 2 aromatic heterocycles. The van der Waals surface area contributed by atoms with E-state index in [4.69, 9.17) is 14.1 Å². The smallest absolute Gasteiger partial charge is 0.198 e. The summed E-state index contributed by atoms with van der Waals surface area (Å²) in [6.07, 6.45) is 0.934. The Morgan fingerprint density at radius 3 is 2.84 bits per heavy atom. The minimum absolute atomic E-state index is 0.352. The molecule has 1 aliphatic rings. The van der Waals surface area contributed by atoms with E-state index >= 15 is 0 Å². The number of hydrogen-bond donors (Lipinski definition) is 1. The molecule has 0 saturated carbocycles. The number of H-pyrrole nitrogens is 1. The van der Waals surface area contributed by atoms with Crippen LogP contribution in [-0.4, -0.2) is 46.7 Å². The first kappa shape index (κ1) is 15.4. The lowest BCUT2D eigenvalue weighted by Gasteiger charge is -2.29. The van der Waals surface area contributed by atoms with Crippen LogP contribution in [0.15, 0.2) is 34.0 Å². The molecule has 1 aliphatic heterocycles. The van der Waals surface area contributed by atoms with Crippen molar-refractivity contribution in [1.82, 2.24) is 20.5 Å². The second-order valence-corrected chi connectivity index (χ2v) is 5.58. The molecule has 9 heteroatoms. The van der Waals surface area contributed by atoms with E-state index in [9.17, 15) is 5.26 Å². The first-order valence-electron chi connectivity index (χ1n) is 7.56. The number of hydrogen-bond acceptors (Lipinski definition) is 8. The molecule has 0 saturated heterocycles. The minimum Gasteiger partial charge on any atom is -0.351 e. The van der Waals surface area contributed by atoms with Crippen LogP contribution >= 0.6 is 0 Å². The number of benzene rings is 1. The van der Waals surface area contributed by atoms with E-state index in [1.54, 1.807) is 12.3 Å². The fraction of sp³-hybridized carbons (Fsp3) is 0.312. The zero-order valence-electron chi connectivity index (χ0n) is 13.5. The van der Waals surface area contributed by atoms with Crippen LogP contribution in [0.3, 0.4) is 0 Å². The number of ether oxygens (including phenoxy) is 2. The Kier molecular flexibility index (Phi) is 3.76. The highest BCUT2D eigenvalue weighted by Crippen LogP contribution is 2.43. The van der Waals surface area contributed by atoms with Crippen LogP contribution in [0, 0.1) is 17.2 Å². The average molecular weight is 338 g/mol. The third kappa shape index (κ3) is 2.31. The Hall–Kier alpha value is -3.09. The van der Waals surface area contributed by atoms with E-state index in [1.807, 2.05) is 12.1 Å². The molecule has 0 fully saturated rings. The van der Waals surface area contributed by atoms with Crippen molar-refractivity contribution in [1.29, 1.82) is 5.26 Å². The van der Waals surface area contributed by atoms with E-state index in [1.165, 1.54) is 14.2 Å². The minimum atomic E-state index is -0.738. The number of rotatable bonds is 4. The number of methoxy groups -OCH3 is 2. The summed E-state index contributed by atoms with van der Waals surface area (Å²) in [5, 5.41) is 24.7. The van der Waals surface area contributed by atoms with Gasteiger partial charge in [-0.15, -0.1) is 0 Å².